The number of para-hydroxylation sites is 1. The number of carbonyl (C=O) groups excluding carboxylic acids is 1. The predicted octanol–water partition coefficient (Wildman–Crippen LogP) is 4.47. The third kappa shape index (κ3) is 3.35. The van der Waals surface area contributed by atoms with Gasteiger partial charge in [0.2, 0.25) is 0 Å². The van der Waals surface area contributed by atoms with Gasteiger partial charge >= 0.3 is 0 Å². The van der Waals surface area contributed by atoms with Crippen molar-refractivity contribution in [1.29, 1.82) is 0 Å². The third-order valence-corrected chi connectivity index (χ3v) is 4.43. The Morgan fingerprint density at radius 1 is 1.10 bits per heavy atom. The van der Waals surface area contributed by atoms with E-state index < -0.39 is 0 Å². The Labute approximate surface area is 133 Å². The van der Waals surface area contributed by atoms with Crippen LogP contribution in [0.3, 0.4) is 0 Å². The van der Waals surface area contributed by atoms with Gasteiger partial charge in [-0.15, -0.1) is 0 Å². The Morgan fingerprint density at radius 3 is 2.81 bits per heavy atom. The molecule has 2 aromatic rings. The molecule has 0 fully saturated rings. The van der Waals surface area contributed by atoms with Crippen molar-refractivity contribution in [3.63, 3.8) is 0 Å². The van der Waals surface area contributed by atoms with Crippen molar-refractivity contribution >= 4 is 27.4 Å². The first-order valence-electron chi connectivity index (χ1n) is 7.35. The minimum absolute atomic E-state index is 0.174. The van der Waals surface area contributed by atoms with Crippen LogP contribution in [0.1, 0.15) is 28.8 Å². The quantitative estimate of drug-likeness (QED) is 0.766. The smallest absolute Gasteiger partial charge is 0.182 e. The summed E-state index contributed by atoms with van der Waals surface area (Å²) in [5, 5.41) is 0. The Bertz CT molecular complexity index is 653. The molecular weight excluding hydrogens is 326 g/mol. The van der Waals surface area contributed by atoms with Crippen molar-refractivity contribution in [2.75, 3.05) is 18.0 Å². The average molecular weight is 344 g/mol. The van der Waals surface area contributed by atoms with Gasteiger partial charge in [0.25, 0.3) is 0 Å². The zero-order chi connectivity index (χ0) is 14.7. The number of anilines is 1. The maximum absolute atomic E-state index is 12.5. The van der Waals surface area contributed by atoms with Gasteiger partial charge < -0.3 is 4.90 Å². The van der Waals surface area contributed by atoms with E-state index in [2.05, 4.69) is 45.1 Å². The topological polar surface area (TPSA) is 20.3 Å². The van der Waals surface area contributed by atoms with Crippen molar-refractivity contribution in [1.82, 2.24) is 0 Å². The average Bonchev–Trinajstić information content (AvgIpc) is 2.70. The molecule has 0 bridgehead atoms. The molecule has 108 valence electrons. The molecule has 0 radical (unpaired) electrons. The second kappa shape index (κ2) is 6.44. The number of benzene rings is 2. The number of rotatable bonds is 3. The highest BCUT2D eigenvalue weighted by Crippen LogP contribution is 2.26. The zero-order valence-corrected chi connectivity index (χ0v) is 13.5. The summed E-state index contributed by atoms with van der Waals surface area (Å²) in [7, 11) is 0. The second-order valence-corrected chi connectivity index (χ2v) is 6.36. The summed E-state index contributed by atoms with van der Waals surface area (Å²) in [6.45, 7) is 1.41. The Kier molecular flexibility index (Phi) is 4.39. The molecule has 1 aliphatic rings. The molecular formula is C18H18BrNO. The van der Waals surface area contributed by atoms with Crippen LogP contribution >= 0.6 is 15.9 Å². The van der Waals surface area contributed by atoms with E-state index in [1.165, 1.54) is 17.7 Å². The van der Waals surface area contributed by atoms with Gasteiger partial charge in [-0.25, -0.2) is 0 Å². The first-order valence-corrected chi connectivity index (χ1v) is 8.15. The minimum Gasteiger partial charge on any atom is -0.364 e. The number of ketones is 1. The SMILES string of the molecule is O=C(CN1CCCCc2ccccc21)c1cccc(Br)c1. The number of hydrogen-bond donors (Lipinski definition) is 0. The van der Waals surface area contributed by atoms with Crippen LogP contribution in [0, 0.1) is 0 Å². The lowest BCUT2D eigenvalue weighted by atomic mass is 10.1. The van der Waals surface area contributed by atoms with E-state index in [4.69, 9.17) is 0 Å². The molecule has 21 heavy (non-hydrogen) atoms. The van der Waals surface area contributed by atoms with E-state index >= 15 is 0 Å². The standard InChI is InChI=1S/C18H18BrNO/c19-16-9-5-8-15(12-16)18(21)13-20-11-4-3-7-14-6-1-2-10-17(14)20/h1-2,5-6,8-10,12H,3-4,7,11,13H2. The fourth-order valence-corrected chi connectivity index (χ4v) is 3.26. The van der Waals surface area contributed by atoms with Crippen molar-refractivity contribution < 1.29 is 4.79 Å². The molecule has 0 aliphatic carbocycles. The number of halogens is 1. The molecule has 0 saturated heterocycles. The van der Waals surface area contributed by atoms with Crippen molar-refractivity contribution in [2.45, 2.75) is 19.3 Å². The van der Waals surface area contributed by atoms with Crippen LogP contribution in [-0.2, 0) is 6.42 Å². The molecule has 3 heteroatoms. The summed E-state index contributed by atoms with van der Waals surface area (Å²) in [5.74, 6) is 0.174. The van der Waals surface area contributed by atoms with E-state index in [1.807, 2.05) is 24.3 Å². The van der Waals surface area contributed by atoms with Crippen LogP contribution in [0.15, 0.2) is 53.0 Å². The van der Waals surface area contributed by atoms with E-state index in [1.54, 1.807) is 0 Å². The molecule has 0 aromatic heterocycles. The second-order valence-electron chi connectivity index (χ2n) is 5.44. The molecule has 0 atom stereocenters. The number of carbonyl (C=O) groups is 1. The van der Waals surface area contributed by atoms with Crippen molar-refractivity contribution in [2.24, 2.45) is 0 Å². The highest BCUT2D eigenvalue weighted by atomic mass is 79.9. The first kappa shape index (κ1) is 14.3. The number of hydrogen-bond acceptors (Lipinski definition) is 2. The third-order valence-electron chi connectivity index (χ3n) is 3.94. The van der Waals surface area contributed by atoms with Crippen LogP contribution in [0.2, 0.25) is 0 Å². The molecule has 1 heterocycles. The number of fused-ring (bicyclic) bond motifs is 1. The van der Waals surface area contributed by atoms with Gasteiger partial charge in [-0.2, -0.15) is 0 Å². The Hall–Kier alpha value is -1.61. The minimum atomic E-state index is 0.174. The molecule has 0 spiro atoms. The van der Waals surface area contributed by atoms with E-state index in [-0.39, 0.29) is 5.78 Å². The normalized spacial score (nSPS) is 14.4. The fraction of sp³-hybridized carbons (Fsp3) is 0.278. The van der Waals surface area contributed by atoms with Gasteiger partial charge in [0.05, 0.1) is 6.54 Å². The Balaban J connectivity index is 1.83. The van der Waals surface area contributed by atoms with Gasteiger partial charge in [0, 0.05) is 22.3 Å². The maximum Gasteiger partial charge on any atom is 0.182 e. The summed E-state index contributed by atoms with van der Waals surface area (Å²) >= 11 is 3.43. The Morgan fingerprint density at radius 2 is 1.95 bits per heavy atom. The van der Waals surface area contributed by atoms with Gasteiger partial charge in [-0.1, -0.05) is 46.3 Å². The largest absolute Gasteiger partial charge is 0.364 e. The van der Waals surface area contributed by atoms with Crippen LogP contribution < -0.4 is 4.90 Å². The summed E-state index contributed by atoms with van der Waals surface area (Å²) in [4.78, 5) is 14.8. The summed E-state index contributed by atoms with van der Waals surface area (Å²) in [6.07, 6.45) is 3.44. The van der Waals surface area contributed by atoms with Gasteiger partial charge in [0.15, 0.2) is 5.78 Å². The summed E-state index contributed by atoms with van der Waals surface area (Å²) in [6, 6.07) is 16.1. The van der Waals surface area contributed by atoms with Gasteiger partial charge in [0.1, 0.15) is 0 Å². The predicted molar refractivity (Wildman–Crippen MR) is 90.1 cm³/mol. The zero-order valence-electron chi connectivity index (χ0n) is 11.9. The van der Waals surface area contributed by atoms with Crippen LogP contribution in [0.5, 0.6) is 0 Å². The maximum atomic E-state index is 12.5. The summed E-state index contributed by atoms with van der Waals surface area (Å²) < 4.78 is 0.949. The number of aryl methyl sites for hydroxylation is 1. The lowest BCUT2D eigenvalue weighted by molar-refractivity contribution is 0.0999. The van der Waals surface area contributed by atoms with Crippen LogP contribution in [0.4, 0.5) is 5.69 Å². The first-order chi connectivity index (χ1) is 10.2. The molecule has 3 rings (SSSR count). The molecule has 0 saturated carbocycles. The van der Waals surface area contributed by atoms with E-state index in [0.717, 1.165) is 29.4 Å². The highest BCUT2D eigenvalue weighted by Gasteiger charge is 2.18. The van der Waals surface area contributed by atoms with E-state index in [0.29, 0.717) is 6.54 Å². The molecule has 0 unspecified atom stereocenters. The fourth-order valence-electron chi connectivity index (χ4n) is 2.86. The van der Waals surface area contributed by atoms with Crippen molar-refractivity contribution in [3.8, 4) is 0 Å². The summed E-state index contributed by atoms with van der Waals surface area (Å²) in [5.41, 5.74) is 3.35. The molecule has 2 nitrogen and oxygen atoms in total. The lowest BCUT2D eigenvalue weighted by Gasteiger charge is -2.24. The van der Waals surface area contributed by atoms with Crippen LogP contribution in [-0.4, -0.2) is 18.9 Å². The molecule has 0 amide bonds. The van der Waals surface area contributed by atoms with Crippen molar-refractivity contribution in [3.05, 3.63) is 64.1 Å². The molecule has 1 aliphatic heterocycles. The monoisotopic (exact) mass is 343 g/mol. The van der Waals surface area contributed by atoms with Gasteiger partial charge in [-0.05, 0) is 43.0 Å². The van der Waals surface area contributed by atoms with Gasteiger partial charge in [-0.3, -0.25) is 4.79 Å². The molecule has 0 N–H and O–H groups in total. The molecule has 2 aromatic carbocycles. The van der Waals surface area contributed by atoms with E-state index in [9.17, 15) is 4.79 Å². The number of Topliss-reactive ketones (excluding diaryl/α,β-unsaturated/α-hetero) is 1. The van der Waals surface area contributed by atoms with Crippen LogP contribution in [0.25, 0.3) is 0 Å². The highest BCUT2D eigenvalue weighted by molar-refractivity contribution is 9.10. The number of nitrogens with zero attached hydrogens (tertiary/aromatic N) is 1. The lowest BCUT2D eigenvalue weighted by Crippen LogP contribution is -2.30.